The summed E-state index contributed by atoms with van der Waals surface area (Å²) in [5.74, 6) is -0.265. The second kappa shape index (κ2) is 6.17. The van der Waals surface area contributed by atoms with E-state index in [1.54, 1.807) is 12.3 Å². The molecule has 1 amide bonds. The molecule has 0 bridgehead atoms. The maximum Gasteiger partial charge on any atom is 0.292 e. The molecule has 5 nitrogen and oxygen atoms in total. The molecule has 0 fully saturated rings. The number of hydrogen-bond donors (Lipinski definition) is 2. The molecule has 5 heteroatoms. The van der Waals surface area contributed by atoms with Crippen LogP contribution in [0.2, 0.25) is 0 Å². The van der Waals surface area contributed by atoms with Gasteiger partial charge in [0.25, 0.3) is 5.91 Å². The van der Waals surface area contributed by atoms with Crippen molar-refractivity contribution in [2.75, 3.05) is 0 Å². The van der Waals surface area contributed by atoms with Gasteiger partial charge in [-0.15, -0.1) is 0 Å². The Bertz CT molecular complexity index is 686. The molecule has 21 heavy (non-hydrogen) atoms. The van der Waals surface area contributed by atoms with E-state index < -0.39 is 0 Å². The lowest BCUT2D eigenvalue weighted by Gasteiger charge is -1.97. The van der Waals surface area contributed by atoms with E-state index in [-0.39, 0.29) is 5.91 Å². The number of aromatic amines is 1. The predicted molar refractivity (Wildman–Crippen MR) is 82.0 cm³/mol. The largest absolute Gasteiger partial charge is 0.292 e. The van der Waals surface area contributed by atoms with E-state index in [0.29, 0.717) is 5.69 Å². The highest BCUT2D eigenvalue weighted by Crippen LogP contribution is 2.22. The molecule has 0 radical (unpaired) electrons. The fourth-order valence-corrected chi connectivity index (χ4v) is 2.42. The van der Waals surface area contributed by atoms with Crippen molar-refractivity contribution in [2.45, 2.75) is 19.3 Å². The average Bonchev–Trinajstić information content (AvgIpc) is 3.10. The number of aryl methyl sites for hydroxylation is 1. The number of benzene rings is 1. The predicted octanol–water partition coefficient (Wildman–Crippen LogP) is 2.33. The minimum absolute atomic E-state index is 0.265. The number of hydrogen-bond acceptors (Lipinski definition) is 3. The number of nitrogens with zero attached hydrogens (tertiary/aromatic N) is 2. The van der Waals surface area contributed by atoms with Crippen molar-refractivity contribution >= 4 is 18.2 Å². The number of aromatic nitrogens is 2. The number of hydrazone groups is 1. The number of fused-ring (bicyclic) bond motifs is 1. The van der Waals surface area contributed by atoms with Gasteiger partial charge in [0.2, 0.25) is 0 Å². The van der Waals surface area contributed by atoms with Crippen molar-refractivity contribution in [1.29, 1.82) is 0 Å². The Morgan fingerprint density at radius 1 is 1.29 bits per heavy atom. The van der Waals surface area contributed by atoms with Gasteiger partial charge in [0.1, 0.15) is 0 Å². The Balaban J connectivity index is 1.56. The normalized spacial score (nSPS) is 13.9. The van der Waals surface area contributed by atoms with Crippen LogP contribution in [0.3, 0.4) is 0 Å². The van der Waals surface area contributed by atoms with Crippen LogP contribution < -0.4 is 5.43 Å². The van der Waals surface area contributed by atoms with Crippen LogP contribution in [0.5, 0.6) is 0 Å². The summed E-state index contributed by atoms with van der Waals surface area (Å²) >= 11 is 0. The van der Waals surface area contributed by atoms with Gasteiger partial charge in [-0.3, -0.25) is 9.89 Å². The van der Waals surface area contributed by atoms with Crippen molar-refractivity contribution in [2.24, 2.45) is 5.10 Å². The van der Waals surface area contributed by atoms with Gasteiger partial charge in [-0.2, -0.15) is 10.2 Å². The third-order valence-electron chi connectivity index (χ3n) is 3.44. The topological polar surface area (TPSA) is 70.1 Å². The zero-order chi connectivity index (χ0) is 14.5. The number of allylic oxidation sites excluding steroid dienone is 1. The van der Waals surface area contributed by atoms with Crippen molar-refractivity contribution in [3.63, 3.8) is 0 Å². The fraction of sp³-hybridized carbons (Fsp3) is 0.188. The van der Waals surface area contributed by atoms with Crippen LogP contribution in [0.4, 0.5) is 0 Å². The van der Waals surface area contributed by atoms with E-state index in [0.717, 1.165) is 36.1 Å². The van der Waals surface area contributed by atoms with Crippen LogP contribution in [0, 0.1) is 0 Å². The van der Waals surface area contributed by atoms with E-state index in [1.807, 2.05) is 36.4 Å². The molecule has 1 aromatic heterocycles. The first-order chi connectivity index (χ1) is 10.3. The Labute approximate surface area is 122 Å². The number of amides is 1. The van der Waals surface area contributed by atoms with E-state index >= 15 is 0 Å². The van der Waals surface area contributed by atoms with E-state index in [4.69, 9.17) is 0 Å². The van der Waals surface area contributed by atoms with Crippen molar-refractivity contribution < 1.29 is 4.79 Å². The van der Waals surface area contributed by atoms with Crippen molar-refractivity contribution in [3.8, 4) is 0 Å². The number of carbonyl (C=O) groups is 1. The zero-order valence-electron chi connectivity index (χ0n) is 11.5. The molecule has 1 aromatic carbocycles. The standard InChI is InChI=1S/C16H16N4O/c21-16(15-13-9-4-10-14(13)18-19-15)20-17-11-5-8-12-6-2-1-3-7-12/h1-3,5-8,11H,4,9-10H2,(H,18,19)(H,20,21)/b8-5-,17-11?. The summed E-state index contributed by atoms with van der Waals surface area (Å²) in [6.07, 6.45) is 8.21. The van der Waals surface area contributed by atoms with Gasteiger partial charge in [-0.25, -0.2) is 5.43 Å². The first-order valence-electron chi connectivity index (χ1n) is 6.96. The summed E-state index contributed by atoms with van der Waals surface area (Å²) in [6.45, 7) is 0. The Kier molecular flexibility index (Phi) is 3.91. The number of nitrogens with one attached hydrogen (secondary N) is 2. The minimum atomic E-state index is -0.265. The van der Waals surface area contributed by atoms with Gasteiger partial charge in [0.05, 0.1) is 0 Å². The van der Waals surface area contributed by atoms with Crippen LogP contribution in [0.15, 0.2) is 41.5 Å². The summed E-state index contributed by atoms with van der Waals surface area (Å²) < 4.78 is 0. The SMILES string of the molecule is O=C(NN=C/C=C\c1ccccc1)c1n[nH]c2c1CCC2. The van der Waals surface area contributed by atoms with Gasteiger partial charge in [0.15, 0.2) is 5.69 Å². The molecule has 3 rings (SSSR count). The molecule has 0 saturated carbocycles. The van der Waals surface area contributed by atoms with Gasteiger partial charge >= 0.3 is 0 Å². The van der Waals surface area contributed by atoms with Crippen LogP contribution in [-0.4, -0.2) is 22.3 Å². The maximum atomic E-state index is 12.0. The Morgan fingerprint density at radius 2 is 2.14 bits per heavy atom. The molecular weight excluding hydrogens is 264 g/mol. The highest BCUT2D eigenvalue weighted by molar-refractivity contribution is 5.94. The van der Waals surface area contributed by atoms with Crippen LogP contribution in [-0.2, 0) is 12.8 Å². The molecule has 2 aromatic rings. The molecule has 0 aliphatic heterocycles. The molecule has 0 atom stereocenters. The summed E-state index contributed by atoms with van der Waals surface area (Å²) in [4.78, 5) is 12.0. The first-order valence-corrected chi connectivity index (χ1v) is 6.96. The number of carbonyl (C=O) groups excluding carboxylic acids is 1. The van der Waals surface area contributed by atoms with E-state index in [2.05, 4.69) is 20.7 Å². The molecule has 1 aliphatic rings. The Morgan fingerprint density at radius 3 is 3.00 bits per heavy atom. The molecular formula is C16H16N4O. The van der Waals surface area contributed by atoms with Crippen LogP contribution in [0.1, 0.15) is 33.7 Å². The van der Waals surface area contributed by atoms with Crippen molar-refractivity contribution in [3.05, 3.63) is 58.9 Å². The van der Waals surface area contributed by atoms with Crippen LogP contribution >= 0.6 is 0 Å². The van der Waals surface area contributed by atoms with Gasteiger partial charge in [-0.05, 0) is 30.9 Å². The monoisotopic (exact) mass is 280 g/mol. The lowest BCUT2D eigenvalue weighted by molar-refractivity contribution is 0.0949. The minimum Gasteiger partial charge on any atom is -0.281 e. The van der Waals surface area contributed by atoms with Gasteiger partial charge in [-0.1, -0.05) is 36.4 Å². The second-order valence-corrected chi connectivity index (χ2v) is 4.87. The van der Waals surface area contributed by atoms with E-state index in [9.17, 15) is 4.79 Å². The van der Waals surface area contributed by atoms with Gasteiger partial charge < -0.3 is 0 Å². The zero-order valence-corrected chi connectivity index (χ0v) is 11.5. The summed E-state index contributed by atoms with van der Waals surface area (Å²) in [5, 5.41) is 10.9. The second-order valence-electron chi connectivity index (χ2n) is 4.87. The molecule has 106 valence electrons. The lowest BCUT2D eigenvalue weighted by Crippen LogP contribution is -2.19. The van der Waals surface area contributed by atoms with Crippen molar-refractivity contribution in [1.82, 2.24) is 15.6 Å². The lowest BCUT2D eigenvalue weighted by atomic mass is 10.2. The molecule has 0 saturated heterocycles. The molecule has 0 spiro atoms. The summed E-state index contributed by atoms with van der Waals surface area (Å²) in [7, 11) is 0. The Hall–Kier alpha value is -2.69. The van der Waals surface area contributed by atoms with Gasteiger partial charge in [0, 0.05) is 17.5 Å². The highest BCUT2D eigenvalue weighted by atomic mass is 16.2. The third-order valence-corrected chi connectivity index (χ3v) is 3.44. The fourth-order valence-electron chi connectivity index (χ4n) is 2.42. The number of rotatable bonds is 4. The van der Waals surface area contributed by atoms with Crippen LogP contribution in [0.25, 0.3) is 6.08 Å². The maximum absolute atomic E-state index is 12.0. The quantitative estimate of drug-likeness (QED) is 0.666. The van der Waals surface area contributed by atoms with E-state index in [1.165, 1.54) is 0 Å². The summed E-state index contributed by atoms with van der Waals surface area (Å²) in [6, 6.07) is 9.90. The first kappa shape index (κ1) is 13.3. The molecule has 2 N–H and O–H groups in total. The smallest absolute Gasteiger partial charge is 0.281 e. The summed E-state index contributed by atoms with van der Waals surface area (Å²) in [5.41, 5.74) is 6.15. The molecule has 1 aliphatic carbocycles. The molecule has 1 heterocycles. The number of H-pyrrole nitrogens is 1. The third kappa shape index (κ3) is 3.08. The molecule has 0 unspecified atom stereocenters. The average molecular weight is 280 g/mol. The highest BCUT2D eigenvalue weighted by Gasteiger charge is 2.22.